The van der Waals surface area contributed by atoms with Crippen molar-refractivity contribution in [2.45, 2.75) is 6.18 Å². The van der Waals surface area contributed by atoms with Crippen LogP contribution in [0.5, 0.6) is 17.2 Å². The van der Waals surface area contributed by atoms with Crippen LogP contribution in [-0.2, 0) is 6.18 Å². The molecule has 0 aliphatic rings. The third kappa shape index (κ3) is 3.09. The highest BCUT2D eigenvalue weighted by molar-refractivity contribution is 5.75. The monoisotopic (exact) mass is 282 g/mol. The van der Waals surface area contributed by atoms with Crippen LogP contribution in [0.3, 0.4) is 0 Å². The van der Waals surface area contributed by atoms with Gasteiger partial charge < -0.3 is 9.84 Å². The maximum absolute atomic E-state index is 12.9. The van der Waals surface area contributed by atoms with Gasteiger partial charge in [0.1, 0.15) is 23.5 Å². The van der Waals surface area contributed by atoms with Gasteiger partial charge in [-0.1, -0.05) is 0 Å². The molecule has 0 aliphatic carbocycles. The van der Waals surface area contributed by atoms with Gasteiger partial charge in [-0.2, -0.15) is 13.2 Å². The second-order valence-electron chi connectivity index (χ2n) is 3.97. The number of halogens is 3. The Hall–Kier alpha value is -2.50. The fourth-order valence-electron chi connectivity index (χ4n) is 1.57. The van der Waals surface area contributed by atoms with Crippen molar-refractivity contribution < 1.29 is 27.8 Å². The lowest BCUT2D eigenvalue weighted by molar-refractivity contribution is -0.138. The van der Waals surface area contributed by atoms with Gasteiger partial charge in [0.05, 0.1) is 5.56 Å². The predicted molar refractivity (Wildman–Crippen MR) is 65.0 cm³/mol. The predicted octanol–water partition coefficient (Wildman–Crippen LogP) is 4.02. The van der Waals surface area contributed by atoms with Gasteiger partial charge in [0.25, 0.3) is 0 Å². The molecule has 3 nitrogen and oxygen atoms in total. The van der Waals surface area contributed by atoms with E-state index in [-0.39, 0.29) is 17.1 Å². The van der Waals surface area contributed by atoms with Crippen LogP contribution in [0.1, 0.15) is 15.9 Å². The molecule has 6 heteroatoms. The normalized spacial score (nSPS) is 11.2. The van der Waals surface area contributed by atoms with Crippen molar-refractivity contribution in [3.63, 3.8) is 0 Å². The minimum atomic E-state index is -4.63. The first-order valence-electron chi connectivity index (χ1n) is 5.53. The molecule has 0 aliphatic heterocycles. The first-order valence-corrected chi connectivity index (χ1v) is 5.53. The van der Waals surface area contributed by atoms with Crippen molar-refractivity contribution in [3.8, 4) is 17.2 Å². The molecule has 0 aromatic heterocycles. The number of benzene rings is 2. The number of hydrogen-bond donors (Lipinski definition) is 1. The average molecular weight is 282 g/mol. The van der Waals surface area contributed by atoms with Crippen LogP contribution in [0.15, 0.2) is 42.5 Å². The van der Waals surface area contributed by atoms with Crippen molar-refractivity contribution >= 4 is 6.29 Å². The number of rotatable bonds is 3. The van der Waals surface area contributed by atoms with Crippen LogP contribution >= 0.6 is 0 Å². The summed E-state index contributed by atoms with van der Waals surface area (Å²) in [6.07, 6.45) is -4.30. The lowest BCUT2D eigenvalue weighted by Gasteiger charge is -2.14. The average Bonchev–Trinajstić information content (AvgIpc) is 2.40. The minimum Gasteiger partial charge on any atom is -0.508 e. The van der Waals surface area contributed by atoms with Gasteiger partial charge in [0, 0.05) is 5.56 Å². The second kappa shape index (κ2) is 5.24. The maximum atomic E-state index is 12.9. The Morgan fingerprint density at radius 3 is 2.25 bits per heavy atom. The van der Waals surface area contributed by atoms with Gasteiger partial charge in [-0.3, -0.25) is 4.79 Å². The van der Waals surface area contributed by atoms with Gasteiger partial charge >= 0.3 is 6.18 Å². The number of ether oxygens (including phenoxy) is 1. The summed E-state index contributed by atoms with van der Waals surface area (Å²) >= 11 is 0. The molecular formula is C14H9F3O3. The van der Waals surface area contributed by atoms with Crippen molar-refractivity contribution in [1.29, 1.82) is 0 Å². The Morgan fingerprint density at radius 1 is 1.05 bits per heavy atom. The zero-order valence-electron chi connectivity index (χ0n) is 10.0. The molecule has 2 rings (SSSR count). The van der Waals surface area contributed by atoms with Crippen molar-refractivity contribution in [1.82, 2.24) is 0 Å². The summed E-state index contributed by atoms with van der Waals surface area (Å²) in [5.74, 6) is -0.286. The largest absolute Gasteiger partial charge is 0.508 e. The van der Waals surface area contributed by atoms with E-state index in [0.29, 0.717) is 6.29 Å². The van der Waals surface area contributed by atoms with Crippen LogP contribution in [0.25, 0.3) is 0 Å². The van der Waals surface area contributed by atoms with Crippen molar-refractivity contribution in [3.05, 3.63) is 53.6 Å². The molecule has 2 aromatic rings. The molecule has 1 N–H and O–H groups in total. The van der Waals surface area contributed by atoms with E-state index >= 15 is 0 Å². The zero-order chi connectivity index (χ0) is 14.8. The molecule has 0 radical (unpaired) electrons. The van der Waals surface area contributed by atoms with Crippen molar-refractivity contribution in [2.24, 2.45) is 0 Å². The molecule has 0 fully saturated rings. The molecule has 0 bridgehead atoms. The Balaban J connectivity index is 2.40. The number of aldehydes is 1. The number of carbonyl (C=O) groups excluding carboxylic acids is 1. The molecule has 20 heavy (non-hydrogen) atoms. The van der Waals surface area contributed by atoms with E-state index in [1.54, 1.807) is 0 Å². The smallest absolute Gasteiger partial charge is 0.420 e. The highest BCUT2D eigenvalue weighted by Crippen LogP contribution is 2.38. The van der Waals surface area contributed by atoms with Crippen molar-refractivity contribution in [2.75, 3.05) is 0 Å². The standard InChI is InChI=1S/C14H9F3O3/c15-14(16,17)12-7-9(8-18)1-6-13(12)20-11-4-2-10(19)3-5-11/h1-8,19H. The number of carbonyl (C=O) groups is 1. The van der Waals surface area contributed by atoms with Crippen LogP contribution in [-0.4, -0.2) is 11.4 Å². The van der Waals surface area contributed by atoms with E-state index in [2.05, 4.69) is 0 Å². The number of phenols is 1. The lowest BCUT2D eigenvalue weighted by atomic mass is 10.1. The van der Waals surface area contributed by atoms with Gasteiger partial charge in [0.2, 0.25) is 0 Å². The number of aromatic hydroxyl groups is 1. The first-order chi connectivity index (χ1) is 9.40. The third-order valence-corrected chi connectivity index (χ3v) is 2.51. The van der Waals surface area contributed by atoms with Gasteiger partial charge in [-0.05, 0) is 42.5 Å². The Labute approximate surface area is 112 Å². The SMILES string of the molecule is O=Cc1ccc(Oc2ccc(O)cc2)c(C(F)(F)F)c1. The topological polar surface area (TPSA) is 46.5 Å². The summed E-state index contributed by atoms with van der Waals surface area (Å²) in [7, 11) is 0. The molecule has 0 saturated carbocycles. The molecule has 0 saturated heterocycles. The number of hydrogen-bond acceptors (Lipinski definition) is 3. The minimum absolute atomic E-state index is 0.0234. The molecule has 2 aromatic carbocycles. The van der Waals surface area contributed by atoms with E-state index in [1.165, 1.54) is 30.3 Å². The summed E-state index contributed by atoms with van der Waals surface area (Å²) < 4.78 is 43.8. The second-order valence-corrected chi connectivity index (χ2v) is 3.97. The van der Waals surface area contributed by atoms with Gasteiger partial charge in [-0.25, -0.2) is 0 Å². The summed E-state index contributed by atoms with van der Waals surface area (Å²) in [6, 6.07) is 8.30. The molecule has 0 spiro atoms. The van der Waals surface area contributed by atoms with Crippen LogP contribution in [0.4, 0.5) is 13.2 Å². The van der Waals surface area contributed by atoms with E-state index in [0.717, 1.165) is 12.1 Å². The summed E-state index contributed by atoms with van der Waals surface area (Å²) in [6.45, 7) is 0. The van der Waals surface area contributed by atoms with Crippen LogP contribution in [0.2, 0.25) is 0 Å². The maximum Gasteiger partial charge on any atom is 0.420 e. The number of alkyl halides is 3. The molecule has 0 heterocycles. The lowest BCUT2D eigenvalue weighted by Crippen LogP contribution is -2.08. The fourth-order valence-corrected chi connectivity index (χ4v) is 1.57. The molecule has 0 unspecified atom stereocenters. The first kappa shape index (κ1) is 13.9. The summed E-state index contributed by atoms with van der Waals surface area (Å²) in [4.78, 5) is 10.6. The zero-order valence-corrected chi connectivity index (χ0v) is 10.0. The summed E-state index contributed by atoms with van der Waals surface area (Å²) in [5, 5.41) is 9.10. The van der Waals surface area contributed by atoms with E-state index in [1.807, 2.05) is 0 Å². The third-order valence-electron chi connectivity index (χ3n) is 2.51. The van der Waals surface area contributed by atoms with Crippen LogP contribution < -0.4 is 4.74 Å². The highest BCUT2D eigenvalue weighted by atomic mass is 19.4. The molecule has 0 atom stereocenters. The van der Waals surface area contributed by atoms with Crippen LogP contribution in [0, 0.1) is 0 Å². The quantitative estimate of drug-likeness (QED) is 0.865. The van der Waals surface area contributed by atoms with E-state index in [4.69, 9.17) is 9.84 Å². The summed E-state index contributed by atoms with van der Waals surface area (Å²) in [5.41, 5.74) is -1.12. The molecular weight excluding hydrogens is 273 g/mol. The van der Waals surface area contributed by atoms with Gasteiger partial charge in [-0.15, -0.1) is 0 Å². The molecule has 104 valence electrons. The fraction of sp³-hybridized carbons (Fsp3) is 0.0714. The van der Waals surface area contributed by atoms with Gasteiger partial charge in [0.15, 0.2) is 0 Å². The Kier molecular flexibility index (Phi) is 3.65. The Morgan fingerprint density at radius 2 is 1.70 bits per heavy atom. The Bertz CT molecular complexity index is 619. The number of phenolic OH excluding ortho intramolecular Hbond substituents is 1. The van der Waals surface area contributed by atoms with E-state index < -0.39 is 17.5 Å². The van der Waals surface area contributed by atoms with E-state index in [9.17, 15) is 18.0 Å². The highest BCUT2D eigenvalue weighted by Gasteiger charge is 2.34. The molecule has 0 amide bonds.